The molecule has 3 heteroatoms. The number of ether oxygens (including phenoxy) is 1. The topological polar surface area (TPSA) is 38.3 Å². The van der Waals surface area contributed by atoms with Gasteiger partial charge in [-0.2, -0.15) is 0 Å². The van der Waals surface area contributed by atoms with E-state index in [1.165, 1.54) is 23.3 Å². The van der Waals surface area contributed by atoms with Crippen molar-refractivity contribution in [2.24, 2.45) is 0 Å². The summed E-state index contributed by atoms with van der Waals surface area (Å²) in [6.45, 7) is 2.18. The van der Waals surface area contributed by atoms with Crippen LogP contribution in [0.3, 0.4) is 0 Å². The van der Waals surface area contributed by atoms with E-state index in [-0.39, 0.29) is 5.91 Å². The van der Waals surface area contributed by atoms with Gasteiger partial charge < -0.3 is 10.1 Å². The Morgan fingerprint density at radius 1 is 1.04 bits per heavy atom. The maximum atomic E-state index is 11.1. The molecule has 1 amide bonds. The zero-order chi connectivity index (χ0) is 16.9. The number of hydrogen-bond acceptors (Lipinski definition) is 2. The van der Waals surface area contributed by atoms with Crippen molar-refractivity contribution in [2.75, 3.05) is 13.7 Å². The van der Waals surface area contributed by atoms with E-state index in [1.807, 2.05) is 18.2 Å². The van der Waals surface area contributed by atoms with Crippen molar-refractivity contribution in [3.05, 3.63) is 66.2 Å². The van der Waals surface area contributed by atoms with Crippen LogP contribution in [0.2, 0.25) is 0 Å². The second-order valence-electron chi connectivity index (χ2n) is 5.79. The van der Waals surface area contributed by atoms with Crippen LogP contribution in [-0.2, 0) is 11.2 Å². The fraction of sp³-hybridized carbons (Fsp3) is 0.190. The van der Waals surface area contributed by atoms with Gasteiger partial charge in [-0.15, -0.1) is 0 Å². The van der Waals surface area contributed by atoms with E-state index in [0.717, 1.165) is 23.3 Å². The van der Waals surface area contributed by atoms with Crippen LogP contribution in [0.5, 0.6) is 5.75 Å². The molecule has 0 aliphatic carbocycles. The number of fused-ring (bicyclic) bond motifs is 1. The molecule has 0 fully saturated rings. The molecular weight excluding hydrogens is 298 g/mol. The molecule has 0 radical (unpaired) electrons. The lowest BCUT2D eigenvalue weighted by molar-refractivity contribution is -0.118. The molecule has 0 aliphatic heterocycles. The Hall–Kier alpha value is -2.81. The maximum Gasteiger partial charge on any atom is 0.216 e. The molecule has 0 atom stereocenters. The first-order valence-corrected chi connectivity index (χ1v) is 8.08. The van der Waals surface area contributed by atoms with E-state index in [9.17, 15) is 4.79 Å². The molecule has 122 valence electrons. The van der Waals surface area contributed by atoms with Crippen molar-refractivity contribution in [3.8, 4) is 16.9 Å². The van der Waals surface area contributed by atoms with Gasteiger partial charge in [-0.05, 0) is 40.5 Å². The Balaban J connectivity index is 2.04. The molecule has 0 aliphatic rings. The van der Waals surface area contributed by atoms with Gasteiger partial charge in [0.05, 0.1) is 7.11 Å². The van der Waals surface area contributed by atoms with Crippen molar-refractivity contribution in [2.45, 2.75) is 13.3 Å². The summed E-state index contributed by atoms with van der Waals surface area (Å²) in [4.78, 5) is 11.1. The Morgan fingerprint density at radius 3 is 2.54 bits per heavy atom. The lowest BCUT2D eigenvalue weighted by Gasteiger charge is -2.13. The third-order valence-corrected chi connectivity index (χ3v) is 4.14. The predicted molar refractivity (Wildman–Crippen MR) is 98.3 cm³/mol. The molecule has 0 heterocycles. The average molecular weight is 319 g/mol. The van der Waals surface area contributed by atoms with Crippen LogP contribution >= 0.6 is 0 Å². The van der Waals surface area contributed by atoms with Gasteiger partial charge in [-0.25, -0.2) is 0 Å². The SMILES string of the molecule is COc1cc2c(CCNC(C)=O)cccc2cc1-c1ccccc1. The molecule has 3 aromatic rings. The van der Waals surface area contributed by atoms with Gasteiger partial charge >= 0.3 is 0 Å². The average Bonchev–Trinajstić information content (AvgIpc) is 2.61. The third-order valence-electron chi connectivity index (χ3n) is 4.14. The summed E-state index contributed by atoms with van der Waals surface area (Å²) in [6, 6.07) is 20.8. The molecule has 1 N–H and O–H groups in total. The Labute approximate surface area is 142 Å². The summed E-state index contributed by atoms with van der Waals surface area (Å²) in [5.74, 6) is 0.861. The quantitative estimate of drug-likeness (QED) is 0.765. The minimum absolute atomic E-state index is 0.000758. The molecule has 3 nitrogen and oxygen atoms in total. The Bertz CT molecular complexity index is 856. The van der Waals surface area contributed by atoms with Crippen molar-refractivity contribution < 1.29 is 9.53 Å². The van der Waals surface area contributed by atoms with Gasteiger partial charge in [0, 0.05) is 19.0 Å². The van der Waals surface area contributed by atoms with E-state index in [2.05, 4.69) is 47.8 Å². The van der Waals surface area contributed by atoms with E-state index in [1.54, 1.807) is 7.11 Å². The maximum absolute atomic E-state index is 11.1. The molecule has 0 bridgehead atoms. The van der Waals surface area contributed by atoms with Gasteiger partial charge in [-0.1, -0.05) is 48.5 Å². The number of carbonyl (C=O) groups is 1. The van der Waals surface area contributed by atoms with Crippen LogP contribution in [0.25, 0.3) is 21.9 Å². The zero-order valence-electron chi connectivity index (χ0n) is 14.0. The first-order valence-electron chi connectivity index (χ1n) is 8.08. The van der Waals surface area contributed by atoms with Crippen molar-refractivity contribution in [1.82, 2.24) is 5.32 Å². The van der Waals surface area contributed by atoms with Gasteiger partial charge in [0.15, 0.2) is 0 Å². The number of hydrogen-bond donors (Lipinski definition) is 1. The second-order valence-corrected chi connectivity index (χ2v) is 5.79. The number of methoxy groups -OCH3 is 1. The lowest BCUT2D eigenvalue weighted by Crippen LogP contribution is -2.22. The number of carbonyl (C=O) groups excluding carboxylic acids is 1. The number of nitrogens with one attached hydrogen (secondary N) is 1. The van der Waals surface area contributed by atoms with Crippen LogP contribution < -0.4 is 10.1 Å². The molecule has 0 saturated heterocycles. The van der Waals surface area contributed by atoms with Crippen LogP contribution in [0, 0.1) is 0 Å². The van der Waals surface area contributed by atoms with E-state index < -0.39 is 0 Å². The Kier molecular flexibility index (Phi) is 4.80. The highest BCUT2D eigenvalue weighted by Crippen LogP contribution is 2.35. The van der Waals surface area contributed by atoms with Crippen molar-refractivity contribution in [1.29, 1.82) is 0 Å². The van der Waals surface area contributed by atoms with Crippen LogP contribution in [0.1, 0.15) is 12.5 Å². The fourth-order valence-electron chi connectivity index (χ4n) is 2.97. The normalized spacial score (nSPS) is 10.6. The largest absolute Gasteiger partial charge is 0.496 e. The lowest BCUT2D eigenvalue weighted by atomic mass is 9.96. The summed E-state index contributed by atoms with van der Waals surface area (Å²) in [5, 5.41) is 5.20. The van der Waals surface area contributed by atoms with Crippen molar-refractivity contribution >= 4 is 16.7 Å². The molecule has 24 heavy (non-hydrogen) atoms. The number of amides is 1. The first-order chi connectivity index (χ1) is 11.7. The monoisotopic (exact) mass is 319 g/mol. The summed E-state index contributed by atoms with van der Waals surface area (Å²) >= 11 is 0. The van der Waals surface area contributed by atoms with Crippen LogP contribution in [-0.4, -0.2) is 19.6 Å². The highest BCUT2D eigenvalue weighted by molar-refractivity contribution is 5.93. The fourth-order valence-corrected chi connectivity index (χ4v) is 2.97. The third kappa shape index (κ3) is 3.40. The predicted octanol–water partition coefficient (Wildman–Crippen LogP) is 4.19. The van der Waals surface area contributed by atoms with Crippen LogP contribution in [0.15, 0.2) is 60.7 Å². The first kappa shape index (κ1) is 16.1. The second kappa shape index (κ2) is 7.18. The summed E-state index contributed by atoms with van der Waals surface area (Å²) in [7, 11) is 1.70. The highest BCUT2D eigenvalue weighted by Gasteiger charge is 2.10. The minimum Gasteiger partial charge on any atom is -0.496 e. The highest BCUT2D eigenvalue weighted by atomic mass is 16.5. The minimum atomic E-state index is -0.000758. The summed E-state index contributed by atoms with van der Waals surface area (Å²) in [5.41, 5.74) is 3.43. The van der Waals surface area contributed by atoms with E-state index in [0.29, 0.717) is 6.54 Å². The summed E-state index contributed by atoms with van der Waals surface area (Å²) < 4.78 is 5.64. The van der Waals surface area contributed by atoms with Gasteiger partial charge in [-0.3, -0.25) is 4.79 Å². The molecule has 3 aromatic carbocycles. The standard InChI is InChI=1S/C21H21NO2/c1-15(23)22-12-11-17-9-6-10-18-13-20(16-7-4-3-5-8-16)21(24-2)14-19(17)18/h3-10,13-14H,11-12H2,1-2H3,(H,22,23). The molecule has 0 spiro atoms. The van der Waals surface area contributed by atoms with Gasteiger partial charge in [0.25, 0.3) is 0 Å². The molecule has 0 unspecified atom stereocenters. The molecule has 3 rings (SSSR count). The van der Waals surface area contributed by atoms with Gasteiger partial charge in [0.2, 0.25) is 5.91 Å². The Morgan fingerprint density at radius 2 is 1.83 bits per heavy atom. The smallest absolute Gasteiger partial charge is 0.216 e. The zero-order valence-corrected chi connectivity index (χ0v) is 14.0. The van der Waals surface area contributed by atoms with Crippen LogP contribution in [0.4, 0.5) is 0 Å². The number of benzene rings is 3. The number of rotatable bonds is 5. The van der Waals surface area contributed by atoms with E-state index in [4.69, 9.17) is 4.74 Å². The van der Waals surface area contributed by atoms with Gasteiger partial charge in [0.1, 0.15) is 5.75 Å². The molecular formula is C21H21NO2. The van der Waals surface area contributed by atoms with Crippen molar-refractivity contribution in [3.63, 3.8) is 0 Å². The molecule has 0 saturated carbocycles. The van der Waals surface area contributed by atoms with E-state index >= 15 is 0 Å². The summed E-state index contributed by atoms with van der Waals surface area (Å²) in [6.07, 6.45) is 0.796. The molecule has 0 aromatic heterocycles.